The van der Waals surface area contributed by atoms with Crippen LogP contribution in [0.5, 0.6) is 0 Å². The molecule has 74 valence electrons. The smallest absolute Gasteiger partial charge is 0.309 e. The molecule has 1 saturated heterocycles. The lowest BCUT2D eigenvalue weighted by Crippen LogP contribution is -2.09. The van der Waals surface area contributed by atoms with Crippen molar-refractivity contribution in [2.75, 3.05) is 6.61 Å². The Balaban J connectivity index is 2.29. The predicted octanol–water partition coefficient (Wildman–Crippen LogP) is 2.54. The second-order valence-corrected chi connectivity index (χ2v) is 3.65. The number of carbonyl (C=O) groups excluding carboxylic acids is 1. The fourth-order valence-electron chi connectivity index (χ4n) is 1.44. The molecule has 0 spiro atoms. The third-order valence-electron chi connectivity index (χ3n) is 2.54. The quantitative estimate of drug-likeness (QED) is 0.379. The second kappa shape index (κ2) is 5.05. The van der Waals surface area contributed by atoms with Gasteiger partial charge in [0.15, 0.2) is 0 Å². The zero-order valence-corrected chi connectivity index (χ0v) is 8.45. The molecule has 13 heavy (non-hydrogen) atoms. The van der Waals surface area contributed by atoms with E-state index < -0.39 is 0 Å². The summed E-state index contributed by atoms with van der Waals surface area (Å²) in [6.45, 7) is 4.69. The zero-order valence-electron chi connectivity index (χ0n) is 8.45. The molecule has 0 aliphatic carbocycles. The highest BCUT2D eigenvalue weighted by atomic mass is 16.5. The van der Waals surface area contributed by atoms with Crippen LogP contribution in [0.4, 0.5) is 0 Å². The van der Waals surface area contributed by atoms with Gasteiger partial charge in [0, 0.05) is 5.92 Å². The predicted molar refractivity (Wildman–Crippen MR) is 52.3 cm³/mol. The molecule has 1 aliphatic heterocycles. The monoisotopic (exact) mass is 182 g/mol. The van der Waals surface area contributed by atoms with E-state index in [1.807, 2.05) is 6.92 Å². The van der Waals surface area contributed by atoms with E-state index in [-0.39, 0.29) is 11.9 Å². The average molecular weight is 182 g/mol. The first kappa shape index (κ1) is 10.3. The van der Waals surface area contributed by atoms with Crippen LogP contribution in [0.2, 0.25) is 0 Å². The summed E-state index contributed by atoms with van der Waals surface area (Å²) in [6, 6.07) is 0. The molecule has 2 nitrogen and oxygen atoms in total. The summed E-state index contributed by atoms with van der Waals surface area (Å²) in [6.07, 6.45) is 7.87. The number of ether oxygens (including phenoxy) is 1. The Labute approximate surface area is 80.0 Å². The van der Waals surface area contributed by atoms with Gasteiger partial charge in [0.1, 0.15) is 0 Å². The molecule has 1 fully saturated rings. The normalized spacial score (nSPS) is 28.3. The first-order valence-electron chi connectivity index (χ1n) is 5.09. The highest BCUT2D eigenvalue weighted by Crippen LogP contribution is 2.22. The molecule has 2 heteroatoms. The van der Waals surface area contributed by atoms with E-state index in [0.717, 1.165) is 6.42 Å². The lowest BCUT2D eigenvalue weighted by molar-refractivity contribution is -0.140. The van der Waals surface area contributed by atoms with Crippen molar-refractivity contribution in [3.8, 4) is 0 Å². The number of rotatable bonds is 4. The maximum atomic E-state index is 11.0. The van der Waals surface area contributed by atoms with E-state index in [0.29, 0.717) is 12.5 Å². The lowest BCUT2D eigenvalue weighted by Gasteiger charge is -2.03. The summed E-state index contributed by atoms with van der Waals surface area (Å²) >= 11 is 0. The Bertz CT molecular complexity index is 196. The molecule has 0 radical (unpaired) electrons. The number of esters is 1. The number of allylic oxidation sites excluding steroid dienone is 1. The van der Waals surface area contributed by atoms with Crippen LogP contribution in [0.15, 0.2) is 12.2 Å². The molecule has 2 unspecified atom stereocenters. The van der Waals surface area contributed by atoms with E-state index in [9.17, 15) is 4.79 Å². The summed E-state index contributed by atoms with van der Waals surface area (Å²) in [7, 11) is 0. The van der Waals surface area contributed by atoms with Crippen LogP contribution in [-0.4, -0.2) is 12.6 Å². The van der Waals surface area contributed by atoms with Crippen molar-refractivity contribution in [1.29, 1.82) is 0 Å². The number of carbonyl (C=O) groups is 1. The summed E-state index contributed by atoms with van der Waals surface area (Å²) in [5.41, 5.74) is 0. The highest BCUT2D eigenvalue weighted by Gasteiger charge is 2.30. The van der Waals surface area contributed by atoms with Crippen LogP contribution in [0.1, 0.15) is 33.1 Å². The number of cyclic esters (lactones) is 1. The van der Waals surface area contributed by atoms with Gasteiger partial charge in [0.2, 0.25) is 0 Å². The van der Waals surface area contributed by atoms with Gasteiger partial charge in [0.05, 0.1) is 12.5 Å². The van der Waals surface area contributed by atoms with E-state index in [4.69, 9.17) is 4.74 Å². The second-order valence-electron chi connectivity index (χ2n) is 3.65. The first-order valence-corrected chi connectivity index (χ1v) is 5.09. The van der Waals surface area contributed by atoms with Gasteiger partial charge in [-0.15, -0.1) is 0 Å². The maximum Gasteiger partial charge on any atom is 0.309 e. The van der Waals surface area contributed by atoms with Gasteiger partial charge in [-0.25, -0.2) is 0 Å². The van der Waals surface area contributed by atoms with Crippen LogP contribution in [0, 0.1) is 11.8 Å². The van der Waals surface area contributed by atoms with Crippen LogP contribution >= 0.6 is 0 Å². The average Bonchev–Trinajstić information content (AvgIpc) is 2.43. The van der Waals surface area contributed by atoms with E-state index in [1.165, 1.54) is 12.8 Å². The van der Waals surface area contributed by atoms with E-state index in [1.54, 1.807) is 0 Å². The van der Waals surface area contributed by atoms with Gasteiger partial charge >= 0.3 is 5.97 Å². The third-order valence-corrected chi connectivity index (χ3v) is 2.54. The molecule has 1 heterocycles. The van der Waals surface area contributed by atoms with Gasteiger partial charge in [-0.2, -0.15) is 0 Å². The van der Waals surface area contributed by atoms with E-state index in [2.05, 4.69) is 19.1 Å². The largest absolute Gasteiger partial charge is 0.465 e. The molecular formula is C11H18O2. The lowest BCUT2D eigenvalue weighted by atomic mass is 9.97. The number of hydrogen-bond acceptors (Lipinski definition) is 2. The molecule has 0 bridgehead atoms. The summed E-state index contributed by atoms with van der Waals surface area (Å²) in [5, 5.41) is 0. The molecular weight excluding hydrogens is 164 g/mol. The van der Waals surface area contributed by atoms with Crippen molar-refractivity contribution in [2.24, 2.45) is 11.8 Å². The molecule has 0 aromatic rings. The Kier molecular flexibility index (Phi) is 4.00. The van der Waals surface area contributed by atoms with Gasteiger partial charge in [-0.05, 0) is 6.42 Å². The zero-order chi connectivity index (χ0) is 9.68. The molecule has 0 aromatic heterocycles. The highest BCUT2D eigenvalue weighted by molar-refractivity contribution is 5.74. The Morgan fingerprint density at radius 1 is 1.62 bits per heavy atom. The molecule has 1 aliphatic rings. The Morgan fingerprint density at radius 3 is 2.92 bits per heavy atom. The molecule has 0 saturated carbocycles. The first-order chi connectivity index (χ1) is 6.25. The third kappa shape index (κ3) is 2.87. The summed E-state index contributed by atoms with van der Waals surface area (Å²) in [4.78, 5) is 11.0. The van der Waals surface area contributed by atoms with Crippen LogP contribution in [-0.2, 0) is 9.53 Å². The SMILES string of the molecule is CCCCC=CC1COC(=O)C1C. The molecule has 2 atom stereocenters. The van der Waals surface area contributed by atoms with Crippen molar-refractivity contribution in [3.05, 3.63) is 12.2 Å². The Morgan fingerprint density at radius 2 is 2.38 bits per heavy atom. The van der Waals surface area contributed by atoms with Crippen molar-refractivity contribution in [3.63, 3.8) is 0 Å². The number of unbranched alkanes of at least 4 members (excludes halogenated alkanes) is 2. The summed E-state index contributed by atoms with van der Waals surface area (Å²) in [5.74, 6) is 0.312. The van der Waals surface area contributed by atoms with Gasteiger partial charge in [-0.1, -0.05) is 38.8 Å². The van der Waals surface area contributed by atoms with Crippen LogP contribution in [0.25, 0.3) is 0 Å². The number of hydrogen-bond donors (Lipinski definition) is 0. The fraction of sp³-hybridized carbons (Fsp3) is 0.727. The van der Waals surface area contributed by atoms with Crippen LogP contribution in [0.3, 0.4) is 0 Å². The van der Waals surface area contributed by atoms with E-state index >= 15 is 0 Å². The Hall–Kier alpha value is -0.790. The summed E-state index contributed by atoms with van der Waals surface area (Å²) < 4.78 is 4.94. The van der Waals surface area contributed by atoms with Gasteiger partial charge < -0.3 is 4.74 Å². The molecule has 0 amide bonds. The molecule has 1 rings (SSSR count). The van der Waals surface area contributed by atoms with Gasteiger partial charge in [0.25, 0.3) is 0 Å². The van der Waals surface area contributed by atoms with Crippen molar-refractivity contribution in [2.45, 2.75) is 33.1 Å². The van der Waals surface area contributed by atoms with Crippen molar-refractivity contribution >= 4 is 5.97 Å². The minimum atomic E-state index is -0.0508. The van der Waals surface area contributed by atoms with Crippen molar-refractivity contribution < 1.29 is 9.53 Å². The standard InChI is InChI=1S/C11H18O2/c1-3-4-5-6-7-10-8-13-11(12)9(10)2/h6-7,9-10H,3-5,8H2,1-2H3. The minimum absolute atomic E-state index is 0.0508. The van der Waals surface area contributed by atoms with Crippen molar-refractivity contribution in [1.82, 2.24) is 0 Å². The molecule has 0 aromatic carbocycles. The molecule has 0 N–H and O–H groups in total. The van der Waals surface area contributed by atoms with Gasteiger partial charge in [-0.3, -0.25) is 4.79 Å². The van der Waals surface area contributed by atoms with Crippen LogP contribution < -0.4 is 0 Å². The topological polar surface area (TPSA) is 26.3 Å². The fourth-order valence-corrected chi connectivity index (χ4v) is 1.44. The maximum absolute atomic E-state index is 11.0. The minimum Gasteiger partial charge on any atom is -0.465 e.